The molecule has 126 valence electrons. The lowest BCUT2D eigenvalue weighted by Gasteiger charge is -2.09. The molecule has 0 saturated heterocycles. The van der Waals surface area contributed by atoms with Crippen molar-refractivity contribution in [3.8, 4) is 5.75 Å². The van der Waals surface area contributed by atoms with E-state index in [0.717, 1.165) is 0 Å². The lowest BCUT2D eigenvalue weighted by atomic mass is 10.1. The number of phosphoric acid groups is 1. The maximum absolute atomic E-state index is 10.5. The van der Waals surface area contributed by atoms with E-state index in [9.17, 15) is 9.36 Å². The molecule has 0 aromatic heterocycles. The van der Waals surface area contributed by atoms with Crippen LogP contribution in [0.15, 0.2) is 24.3 Å². The van der Waals surface area contributed by atoms with Crippen LogP contribution in [0.25, 0.3) is 0 Å². The molecule has 1 aromatic carbocycles. The Balaban J connectivity index is 0.000000763. The SMILES string of the molecule is NP(=O)(O)O.N[C@@H](Cc1ccc(OP(=O)(O)O)cc1)C(=O)O. The van der Waals surface area contributed by atoms with Crippen molar-refractivity contribution in [2.75, 3.05) is 0 Å². The van der Waals surface area contributed by atoms with Gasteiger partial charge in [-0.15, -0.1) is 0 Å². The van der Waals surface area contributed by atoms with Crippen LogP contribution in [-0.4, -0.2) is 36.7 Å². The van der Waals surface area contributed by atoms with Gasteiger partial charge in [0.05, 0.1) is 0 Å². The van der Waals surface area contributed by atoms with Crippen molar-refractivity contribution in [3.05, 3.63) is 29.8 Å². The number of hydrogen-bond donors (Lipinski definition) is 7. The Kier molecular flexibility index (Phi) is 7.88. The Bertz CT molecular complexity index is 571. The molecule has 0 spiro atoms. The third kappa shape index (κ3) is 12.5. The highest BCUT2D eigenvalue weighted by Crippen LogP contribution is 2.37. The van der Waals surface area contributed by atoms with Crippen molar-refractivity contribution in [2.45, 2.75) is 12.5 Å². The average molecular weight is 358 g/mol. The van der Waals surface area contributed by atoms with Gasteiger partial charge in [-0.3, -0.25) is 14.6 Å². The first-order valence-corrected chi connectivity index (χ1v) is 8.65. The monoisotopic (exact) mass is 358 g/mol. The van der Waals surface area contributed by atoms with Crippen LogP contribution in [0.4, 0.5) is 0 Å². The summed E-state index contributed by atoms with van der Waals surface area (Å²) in [5.41, 5.74) is 9.99. The van der Waals surface area contributed by atoms with Crippen molar-refractivity contribution in [1.82, 2.24) is 0 Å². The van der Waals surface area contributed by atoms with Gasteiger partial charge in [-0.25, -0.2) is 14.6 Å². The first-order valence-electron chi connectivity index (χ1n) is 5.44. The molecule has 0 amide bonds. The highest BCUT2D eigenvalue weighted by Gasteiger charge is 2.16. The number of rotatable bonds is 5. The minimum Gasteiger partial charge on any atom is -0.480 e. The van der Waals surface area contributed by atoms with Gasteiger partial charge in [-0.2, -0.15) is 0 Å². The average Bonchev–Trinajstić information content (AvgIpc) is 2.27. The van der Waals surface area contributed by atoms with E-state index in [-0.39, 0.29) is 12.2 Å². The molecule has 0 aliphatic heterocycles. The summed E-state index contributed by atoms with van der Waals surface area (Å²) in [4.78, 5) is 42.4. The Labute approximate surface area is 125 Å². The predicted molar refractivity (Wildman–Crippen MR) is 74.7 cm³/mol. The molecule has 0 saturated carbocycles. The van der Waals surface area contributed by atoms with Gasteiger partial charge in [0.25, 0.3) is 0 Å². The number of carbonyl (C=O) groups is 1. The number of carboxylic acid groups (broad SMARTS) is 1. The normalized spacial score (nSPS) is 12.8. The van der Waals surface area contributed by atoms with Crippen LogP contribution in [0.1, 0.15) is 5.56 Å². The summed E-state index contributed by atoms with van der Waals surface area (Å²) >= 11 is 0. The molecule has 0 aliphatic rings. The highest BCUT2D eigenvalue weighted by molar-refractivity contribution is 7.49. The van der Waals surface area contributed by atoms with E-state index in [4.69, 9.17) is 35.0 Å². The summed E-state index contributed by atoms with van der Waals surface area (Å²) in [7, 11) is -8.70. The highest BCUT2D eigenvalue weighted by atomic mass is 31.2. The standard InChI is InChI=1S/C9H12NO6P.H4NO3P/c10-8(9(11)12)5-6-1-3-7(4-2-6)16-17(13,14)15;1-5(2,3)4/h1-4,8H,5,10H2,(H,11,12)(H2,13,14,15);(H4,1,2,3,4)/t8-;/m0./s1. The molecule has 22 heavy (non-hydrogen) atoms. The van der Waals surface area contributed by atoms with Gasteiger partial charge >= 0.3 is 21.5 Å². The number of benzene rings is 1. The maximum Gasteiger partial charge on any atom is 0.524 e. The molecule has 13 heteroatoms. The van der Waals surface area contributed by atoms with E-state index < -0.39 is 27.6 Å². The fourth-order valence-electron chi connectivity index (χ4n) is 1.16. The van der Waals surface area contributed by atoms with E-state index in [1.165, 1.54) is 24.3 Å². The molecule has 1 rings (SSSR count). The number of carboxylic acids is 1. The van der Waals surface area contributed by atoms with E-state index >= 15 is 0 Å². The van der Waals surface area contributed by atoms with E-state index in [1.54, 1.807) is 0 Å². The maximum atomic E-state index is 10.5. The van der Waals surface area contributed by atoms with E-state index in [2.05, 4.69) is 10.0 Å². The molecule has 11 nitrogen and oxygen atoms in total. The zero-order valence-corrected chi connectivity index (χ0v) is 12.8. The van der Waals surface area contributed by atoms with E-state index in [1.807, 2.05) is 0 Å². The minimum absolute atomic E-state index is 0.00554. The molecule has 9 N–H and O–H groups in total. The number of hydrogen-bond acceptors (Lipinski definition) is 5. The van der Waals surface area contributed by atoms with Crippen LogP contribution in [0.5, 0.6) is 5.75 Å². The molecule has 0 bridgehead atoms. The van der Waals surface area contributed by atoms with Gasteiger partial charge in [0.2, 0.25) is 0 Å². The van der Waals surface area contributed by atoms with E-state index in [0.29, 0.717) is 5.56 Å². The Morgan fingerprint density at radius 3 is 1.86 bits per heavy atom. The van der Waals surface area contributed by atoms with Crippen molar-refractivity contribution in [3.63, 3.8) is 0 Å². The van der Waals surface area contributed by atoms with Gasteiger partial charge in [-0.05, 0) is 24.1 Å². The Hall–Kier alpha value is -1.29. The summed E-state index contributed by atoms with van der Waals surface area (Å²) in [5.74, 6) is -1.11. The summed E-state index contributed by atoms with van der Waals surface area (Å²) < 4.78 is 24.0. The van der Waals surface area contributed by atoms with Crippen molar-refractivity contribution in [2.24, 2.45) is 11.2 Å². The summed E-state index contributed by atoms with van der Waals surface area (Å²) in [6.07, 6.45) is 0.130. The second kappa shape index (κ2) is 8.37. The van der Waals surface area contributed by atoms with Crippen LogP contribution >= 0.6 is 15.6 Å². The van der Waals surface area contributed by atoms with Gasteiger partial charge < -0.3 is 25.2 Å². The van der Waals surface area contributed by atoms with Gasteiger partial charge in [0.1, 0.15) is 11.8 Å². The number of nitrogens with two attached hydrogens (primary N) is 2. The Morgan fingerprint density at radius 1 is 1.14 bits per heavy atom. The molecule has 0 unspecified atom stereocenters. The zero-order chi connectivity index (χ0) is 17.6. The fourth-order valence-corrected chi connectivity index (χ4v) is 1.56. The quantitative estimate of drug-likeness (QED) is 0.322. The molecular weight excluding hydrogens is 342 g/mol. The lowest BCUT2D eigenvalue weighted by Crippen LogP contribution is -2.32. The first kappa shape index (κ1) is 20.7. The first-order chi connectivity index (χ1) is 9.78. The van der Waals surface area contributed by atoms with Crippen LogP contribution in [-0.2, 0) is 20.3 Å². The van der Waals surface area contributed by atoms with Crippen molar-refractivity contribution >= 4 is 21.5 Å². The minimum atomic E-state index is -4.56. The second-order valence-electron chi connectivity index (χ2n) is 3.96. The fraction of sp³-hybridized carbons (Fsp3) is 0.222. The van der Waals surface area contributed by atoms with Gasteiger partial charge in [0.15, 0.2) is 0 Å². The molecule has 1 aromatic rings. The van der Waals surface area contributed by atoms with Crippen LogP contribution in [0.2, 0.25) is 0 Å². The summed E-state index contributed by atoms with van der Waals surface area (Å²) in [5, 5.41) is 8.60. The van der Waals surface area contributed by atoms with Crippen molar-refractivity contribution in [1.29, 1.82) is 0 Å². The third-order valence-electron chi connectivity index (χ3n) is 1.92. The largest absolute Gasteiger partial charge is 0.524 e. The molecule has 0 heterocycles. The molecule has 0 radical (unpaired) electrons. The number of phosphoric ester groups is 1. The topological polar surface area (TPSA) is 214 Å². The van der Waals surface area contributed by atoms with Crippen LogP contribution < -0.4 is 15.8 Å². The smallest absolute Gasteiger partial charge is 0.480 e. The predicted octanol–water partition coefficient (Wildman–Crippen LogP) is -0.850. The lowest BCUT2D eigenvalue weighted by molar-refractivity contribution is -0.138. The zero-order valence-electron chi connectivity index (χ0n) is 11.0. The number of aliphatic carboxylic acids is 1. The van der Waals surface area contributed by atoms with Crippen LogP contribution in [0, 0.1) is 0 Å². The third-order valence-corrected chi connectivity index (χ3v) is 2.37. The van der Waals surface area contributed by atoms with Gasteiger partial charge in [0, 0.05) is 0 Å². The molecular formula is C9H16N2O9P2. The molecule has 0 fully saturated rings. The summed E-state index contributed by atoms with van der Waals surface area (Å²) in [6, 6.07) is 4.65. The molecule has 0 aliphatic carbocycles. The second-order valence-corrected chi connectivity index (χ2v) is 6.31. The summed E-state index contributed by atoms with van der Waals surface area (Å²) in [6.45, 7) is 0. The molecule has 1 atom stereocenters. The van der Waals surface area contributed by atoms with Crippen LogP contribution in [0.3, 0.4) is 0 Å². The Morgan fingerprint density at radius 2 is 1.55 bits per heavy atom. The van der Waals surface area contributed by atoms with Gasteiger partial charge in [-0.1, -0.05) is 12.1 Å². The van der Waals surface area contributed by atoms with Crippen molar-refractivity contribution < 1.29 is 43.1 Å².